The zero-order valence-electron chi connectivity index (χ0n) is 8.43. The van der Waals surface area contributed by atoms with Gasteiger partial charge < -0.3 is 14.9 Å². The Morgan fingerprint density at radius 1 is 1.67 bits per heavy atom. The third-order valence-corrected chi connectivity index (χ3v) is 2.68. The van der Waals surface area contributed by atoms with Crippen molar-refractivity contribution in [1.82, 2.24) is 15.5 Å². The molecule has 0 saturated heterocycles. The number of carbonyl (C=O) groups is 1. The fourth-order valence-corrected chi connectivity index (χ4v) is 1.68. The second-order valence-electron chi connectivity index (χ2n) is 3.74. The van der Waals surface area contributed by atoms with Gasteiger partial charge in [-0.2, -0.15) is 4.98 Å². The Bertz CT molecular complexity index is 363. The average molecular weight is 211 g/mol. The van der Waals surface area contributed by atoms with Crippen molar-refractivity contribution in [3.05, 3.63) is 11.7 Å². The molecule has 0 radical (unpaired) electrons. The van der Waals surface area contributed by atoms with Gasteiger partial charge >= 0.3 is 5.97 Å². The molecule has 15 heavy (non-hydrogen) atoms. The molecule has 82 valence electrons. The zero-order chi connectivity index (χ0) is 10.8. The molecule has 1 aliphatic carbocycles. The molecule has 1 fully saturated rings. The molecule has 1 saturated carbocycles. The Balaban J connectivity index is 1.81. The Hall–Kier alpha value is -1.43. The molecule has 0 bridgehead atoms. The van der Waals surface area contributed by atoms with Crippen LogP contribution in [0.5, 0.6) is 0 Å². The van der Waals surface area contributed by atoms with E-state index in [-0.39, 0.29) is 12.0 Å². The number of carboxylic acids is 1. The van der Waals surface area contributed by atoms with E-state index in [4.69, 9.17) is 9.63 Å². The summed E-state index contributed by atoms with van der Waals surface area (Å²) in [7, 11) is 0. The van der Waals surface area contributed by atoms with Gasteiger partial charge in [0.05, 0.1) is 12.5 Å². The van der Waals surface area contributed by atoms with Crippen molar-refractivity contribution in [2.24, 2.45) is 5.92 Å². The van der Waals surface area contributed by atoms with Gasteiger partial charge in [-0.25, -0.2) is 0 Å². The first kappa shape index (κ1) is 10.1. The van der Waals surface area contributed by atoms with Gasteiger partial charge in [-0.3, -0.25) is 4.79 Å². The molecule has 0 aromatic carbocycles. The second-order valence-corrected chi connectivity index (χ2v) is 3.74. The number of carboxylic acid groups (broad SMARTS) is 1. The predicted octanol–water partition coefficient (Wildman–Crippen LogP) is 0.331. The van der Waals surface area contributed by atoms with Crippen LogP contribution in [0.3, 0.4) is 0 Å². The summed E-state index contributed by atoms with van der Waals surface area (Å²) in [5.74, 6) is 0.0970. The molecule has 0 aliphatic heterocycles. The molecule has 2 N–H and O–H groups in total. The summed E-state index contributed by atoms with van der Waals surface area (Å²) >= 11 is 0. The van der Waals surface area contributed by atoms with E-state index in [1.165, 1.54) is 0 Å². The van der Waals surface area contributed by atoms with Crippen LogP contribution in [0, 0.1) is 12.8 Å². The standard InChI is InChI=1S/C9H13N3O3/c1-5-11-8(12-15-5)4-10-7-3-2-6(7)9(13)14/h6-7,10H,2-4H2,1H3,(H,13,14). The van der Waals surface area contributed by atoms with Crippen molar-refractivity contribution < 1.29 is 14.4 Å². The summed E-state index contributed by atoms with van der Waals surface area (Å²) in [5, 5.41) is 15.6. The molecule has 1 aromatic heterocycles. The van der Waals surface area contributed by atoms with E-state index in [0.29, 0.717) is 18.3 Å². The van der Waals surface area contributed by atoms with Crippen LogP contribution < -0.4 is 5.32 Å². The van der Waals surface area contributed by atoms with Crippen LogP contribution in [0.4, 0.5) is 0 Å². The lowest BCUT2D eigenvalue weighted by Crippen LogP contribution is -2.47. The van der Waals surface area contributed by atoms with E-state index in [1.54, 1.807) is 6.92 Å². The number of aromatic nitrogens is 2. The maximum atomic E-state index is 10.7. The van der Waals surface area contributed by atoms with Gasteiger partial charge in [0, 0.05) is 13.0 Å². The van der Waals surface area contributed by atoms with Gasteiger partial charge in [-0.15, -0.1) is 0 Å². The molecule has 2 atom stereocenters. The quantitative estimate of drug-likeness (QED) is 0.746. The van der Waals surface area contributed by atoms with Crippen LogP contribution in [0.1, 0.15) is 24.6 Å². The summed E-state index contributed by atoms with van der Waals surface area (Å²) in [5.41, 5.74) is 0. The van der Waals surface area contributed by atoms with Crippen molar-refractivity contribution >= 4 is 5.97 Å². The van der Waals surface area contributed by atoms with E-state index in [0.717, 1.165) is 12.8 Å². The van der Waals surface area contributed by atoms with Crippen molar-refractivity contribution in [3.63, 3.8) is 0 Å². The van der Waals surface area contributed by atoms with E-state index >= 15 is 0 Å². The SMILES string of the molecule is Cc1nc(CNC2CCC2C(=O)O)no1. The summed E-state index contributed by atoms with van der Waals surface area (Å²) in [6.07, 6.45) is 1.64. The zero-order valence-corrected chi connectivity index (χ0v) is 8.43. The number of nitrogens with zero attached hydrogens (tertiary/aromatic N) is 2. The highest BCUT2D eigenvalue weighted by atomic mass is 16.5. The molecule has 6 nitrogen and oxygen atoms in total. The van der Waals surface area contributed by atoms with Gasteiger partial charge in [0.25, 0.3) is 0 Å². The third-order valence-electron chi connectivity index (χ3n) is 2.68. The number of hydrogen-bond donors (Lipinski definition) is 2. The van der Waals surface area contributed by atoms with Crippen molar-refractivity contribution in [3.8, 4) is 0 Å². The summed E-state index contributed by atoms with van der Waals surface area (Å²) in [4.78, 5) is 14.7. The van der Waals surface area contributed by atoms with Crippen LogP contribution in [-0.4, -0.2) is 27.3 Å². The second kappa shape index (κ2) is 3.98. The molecular weight excluding hydrogens is 198 g/mol. The van der Waals surface area contributed by atoms with Crippen LogP contribution in [0.25, 0.3) is 0 Å². The molecule has 1 aliphatic rings. The van der Waals surface area contributed by atoms with Gasteiger partial charge in [0.1, 0.15) is 0 Å². The van der Waals surface area contributed by atoms with Crippen molar-refractivity contribution in [2.75, 3.05) is 0 Å². The lowest BCUT2D eigenvalue weighted by atomic mass is 9.79. The summed E-state index contributed by atoms with van der Waals surface area (Å²) in [6, 6.07) is 0.0429. The van der Waals surface area contributed by atoms with Gasteiger partial charge in [0.2, 0.25) is 5.89 Å². The smallest absolute Gasteiger partial charge is 0.308 e. The predicted molar refractivity (Wildman–Crippen MR) is 50.0 cm³/mol. The van der Waals surface area contributed by atoms with E-state index in [2.05, 4.69) is 15.5 Å². The first-order valence-corrected chi connectivity index (χ1v) is 4.92. The lowest BCUT2D eigenvalue weighted by molar-refractivity contribution is -0.146. The highest BCUT2D eigenvalue weighted by Crippen LogP contribution is 2.27. The number of nitrogens with one attached hydrogen (secondary N) is 1. The molecule has 6 heteroatoms. The van der Waals surface area contributed by atoms with Crippen LogP contribution in [-0.2, 0) is 11.3 Å². The molecule has 1 heterocycles. The Morgan fingerprint density at radius 3 is 2.93 bits per heavy atom. The highest BCUT2D eigenvalue weighted by Gasteiger charge is 2.36. The highest BCUT2D eigenvalue weighted by molar-refractivity contribution is 5.72. The first-order chi connectivity index (χ1) is 7.16. The summed E-state index contributed by atoms with van der Waals surface area (Å²) < 4.78 is 4.81. The Kier molecular flexibility index (Phi) is 2.68. The monoisotopic (exact) mass is 211 g/mol. The van der Waals surface area contributed by atoms with Crippen LogP contribution in [0.15, 0.2) is 4.52 Å². The van der Waals surface area contributed by atoms with Crippen LogP contribution >= 0.6 is 0 Å². The molecule has 0 spiro atoms. The largest absolute Gasteiger partial charge is 0.481 e. The minimum Gasteiger partial charge on any atom is -0.481 e. The molecule has 2 unspecified atom stereocenters. The van der Waals surface area contributed by atoms with Crippen LogP contribution in [0.2, 0.25) is 0 Å². The molecule has 0 amide bonds. The minimum absolute atomic E-state index is 0.0429. The molecule has 2 rings (SSSR count). The van der Waals surface area contributed by atoms with Crippen molar-refractivity contribution in [2.45, 2.75) is 32.4 Å². The normalized spacial score (nSPS) is 24.9. The average Bonchev–Trinajstić information content (AvgIpc) is 2.48. The number of hydrogen-bond acceptors (Lipinski definition) is 5. The number of rotatable bonds is 4. The summed E-state index contributed by atoms with van der Waals surface area (Å²) in [6.45, 7) is 2.19. The molecular formula is C9H13N3O3. The minimum atomic E-state index is -0.733. The van der Waals surface area contributed by atoms with E-state index in [1.807, 2.05) is 0 Å². The Labute approximate surface area is 86.7 Å². The van der Waals surface area contributed by atoms with Gasteiger partial charge in [-0.1, -0.05) is 5.16 Å². The third kappa shape index (κ3) is 2.15. The maximum absolute atomic E-state index is 10.7. The first-order valence-electron chi connectivity index (χ1n) is 4.92. The number of aryl methyl sites for hydroxylation is 1. The van der Waals surface area contributed by atoms with Crippen molar-refractivity contribution in [1.29, 1.82) is 0 Å². The van der Waals surface area contributed by atoms with Gasteiger partial charge in [0.15, 0.2) is 5.82 Å². The topological polar surface area (TPSA) is 88.2 Å². The fourth-order valence-electron chi connectivity index (χ4n) is 1.68. The maximum Gasteiger partial charge on any atom is 0.308 e. The molecule has 1 aromatic rings. The number of aliphatic carboxylic acids is 1. The van der Waals surface area contributed by atoms with E-state index < -0.39 is 5.97 Å². The Morgan fingerprint density at radius 2 is 2.47 bits per heavy atom. The van der Waals surface area contributed by atoms with E-state index in [9.17, 15) is 4.79 Å². The van der Waals surface area contributed by atoms with Gasteiger partial charge in [-0.05, 0) is 12.8 Å². The lowest BCUT2D eigenvalue weighted by Gasteiger charge is -2.33. The fraction of sp³-hybridized carbons (Fsp3) is 0.667.